The Labute approximate surface area is 230 Å². The minimum Gasteiger partial charge on any atom is -0.507 e. The van der Waals surface area contributed by atoms with Crippen LogP contribution in [0.5, 0.6) is 5.75 Å². The standard InChI is InChI=1S/C29H38N2O5.BrH/c1-9-29(36-8,26(34)35)19-11-10-17-15-31(25(30)20(17)14-19)16-23(32)18-12-21(27(2,3)4)24(33)22(13-18)28(5,6)7;/h10-14,30,33H,9,15-16H2,1-8H3,(H,34,35);1H. The Balaban J connectivity index is 0.00000481. The van der Waals surface area contributed by atoms with E-state index in [0.29, 0.717) is 34.4 Å². The molecule has 1 unspecified atom stereocenters. The summed E-state index contributed by atoms with van der Waals surface area (Å²) in [5.41, 5.74) is 1.67. The first-order chi connectivity index (χ1) is 16.6. The summed E-state index contributed by atoms with van der Waals surface area (Å²) >= 11 is 0. The molecule has 0 saturated heterocycles. The van der Waals surface area contributed by atoms with Gasteiger partial charge in [-0.05, 0) is 46.6 Å². The highest BCUT2D eigenvalue weighted by atomic mass is 79.9. The lowest BCUT2D eigenvalue weighted by molar-refractivity contribution is -0.164. The number of carboxylic acids is 1. The van der Waals surface area contributed by atoms with Crippen LogP contribution >= 0.6 is 17.0 Å². The van der Waals surface area contributed by atoms with Crippen LogP contribution in [0, 0.1) is 5.41 Å². The Kier molecular flexibility index (Phi) is 8.72. The van der Waals surface area contributed by atoms with E-state index >= 15 is 0 Å². The van der Waals surface area contributed by atoms with Gasteiger partial charge in [-0.15, -0.1) is 17.0 Å². The van der Waals surface area contributed by atoms with Gasteiger partial charge in [-0.25, -0.2) is 4.79 Å². The highest BCUT2D eigenvalue weighted by Gasteiger charge is 2.40. The molecule has 1 atom stereocenters. The number of halogens is 1. The zero-order chi connectivity index (χ0) is 27.2. The third kappa shape index (κ3) is 5.60. The van der Waals surface area contributed by atoms with Crippen LogP contribution in [0.15, 0.2) is 30.3 Å². The zero-order valence-electron chi connectivity index (χ0n) is 23.0. The molecule has 3 rings (SSSR count). The maximum absolute atomic E-state index is 13.5. The van der Waals surface area contributed by atoms with Crippen molar-refractivity contribution in [2.75, 3.05) is 13.7 Å². The molecule has 37 heavy (non-hydrogen) atoms. The fourth-order valence-electron chi connectivity index (χ4n) is 4.81. The van der Waals surface area contributed by atoms with Crippen LogP contribution in [0.25, 0.3) is 0 Å². The first kappa shape index (κ1) is 30.5. The summed E-state index contributed by atoms with van der Waals surface area (Å²) in [7, 11) is 1.37. The van der Waals surface area contributed by atoms with Crippen LogP contribution in [-0.4, -0.2) is 46.4 Å². The molecule has 7 nitrogen and oxygen atoms in total. The number of ketones is 1. The van der Waals surface area contributed by atoms with Crippen LogP contribution in [0.4, 0.5) is 0 Å². The van der Waals surface area contributed by atoms with Gasteiger partial charge in [0, 0.05) is 35.9 Å². The number of carbonyl (C=O) groups is 2. The Morgan fingerprint density at radius 2 is 1.57 bits per heavy atom. The molecule has 0 amide bonds. The molecule has 0 fully saturated rings. The Bertz CT molecular complexity index is 1180. The van der Waals surface area contributed by atoms with E-state index in [1.165, 1.54) is 7.11 Å². The molecule has 202 valence electrons. The topological polar surface area (TPSA) is 111 Å². The van der Waals surface area contributed by atoms with Crippen LogP contribution in [0.2, 0.25) is 0 Å². The number of Topliss-reactive ketones (excluding diaryl/α,β-unsaturated/α-hetero) is 1. The fraction of sp³-hybridized carbons (Fsp3) is 0.483. The summed E-state index contributed by atoms with van der Waals surface area (Å²) in [6.07, 6.45) is 0.236. The lowest BCUT2D eigenvalue weighted by Crippen LogP contribution is -2.37. The number of ether oxygens (including phenoxy) is 1. The molecule has 0 bridgehead atoms. The molecule has 0 aromatic heterocycles. The number of carboxylic acid groups (broad SMARTS) is 1. The van der Waals surface area contributed by atoms with Gasteiger partial charge in [0.25, 0.3) is 0 Å². The minimum atomic E-state index is -1.49. The van der Waals surface area contributed by atoms with E-state index in [4.69, 9.17) is 10.1 Å². The lowest BCUT2D eigenvalue weighted by atomic mass is 9.78. The van der Waals surface area contributed by atoms with E-state index in [-0.39, 0.29) is 58.1 Å². The number of benzene rings is 2. The third-order valence-corrected chi connectivity index (χ3v) is 7.08. The van der Waals surface area contributed by atoms with E-state index in [9.17, 15) is 19.8 Å². The lowest BCUT2D eigenvalue weighted by Gasteiger charge is -2.28. The van der Waals surface area contributed by atoms with Crippen molar-refractivity contribution in [2.24, 2.45) is 0 Å². The Morgan fingerprint density at radius 3 is 2.00 bits per heavy atom. The summed E-state index contributed by atoms with van der Waals surface area (Å²) in [5.74, 6) is -0.830. The van der Waals surface area contributed by atoms with E-state index in [1.54, 1.807) is 36.1 Å². The summed E-state index contributed by atoms with van der Waals surface area (Å²) < 4.78 is 5.41. The number of nitrogens with one attached hydrogen (secondary N) is 1. The van der Waals surface area contributed by atoms with Crippen molar-refractivity contribution >= 4 is 34.6 Å². The summed E-state index contributed by atoms with van der Waals surface area (Å²) in [4.78, 5) is 27.2. The molecular formula is C29H39BrN2O5. The second-order valence-corrected chi connectivity index (χ2v) is 11.6. The van der Waals surface area contributed by atoms with Crippen molar-refractivity contribution in [3.63, 3.8) is 0 Å². The Hall–Kier alpha value is -2.71. The molecule has 3 N–H and O–H groups in total. The third-order valence-electron chi connectivity index (χ3n) is 7.08. The van der Waals surface area contributed by atoms with Gasteiger partial charge in [0.15, 0.2) is 11.4 Å². The SMILES string of the molecule is Br.CCC(OC)(C(=O)O)c1ccc2c(c1)C(=N)N(CC(=O)c1cc(C(C)(C)C)c(O)c(C(C)(C)C)c1)C2. The molecule has 2 aromatic rings. The monoisotopic (exact) mass is 574 g/mol. The molecule has 1 aliphatic rings. The maximum Gasteiger partial charge on any atom is 0.340 e. The predicted octanol–water partition coefficient (Wildman–Crippen LogP) is 5.93. The number of rotatable bonds is 7. The van der Waals surface area contributed by atoms with Gasteiger partial charge in [-0.1, -0.05) is 60.6 Å². The molecule has 0 aliphatic carbocycles. The molecule has 1 aliphatic heterocycles. The molecule has 1 heterocycles. The number of fused-ring (bicyclic) bond motifs is 1. The highest BCUT2D eigenvalue weighted by molar-refractivity contribution is 8.93. The summed E-state index contributed by atoms with van der Waals surface area (Å²) in [6, 6.07) is 8.76. The van der Waals surface area contributed by atoms with Gasteiger partial charge >= 0.3 is 5.97 Å². The van der Waals surface area contributed by atoms with Crippen LogP contribution in [0.1, 0.15) is 93.1 Å². The van der Waals surface area contributed by atoms with Crippen LogP contribution in [0.3, 0.4) is 0 Å². The number of aliphatic carboxylic acids is 1. The number of phenols is 1. The van der Waals surface area contributed by atoms with E-state index in [0.717, 1.165) is 5.56 Å². The van der Waals surface area contributed by atoms with Gasteiger partial charge in [0.2, 0.25) is 0 Å². The number of hydrogen-bond acceptors (Lipinski definition) is 5. The Morgan fingerprint density at radius 1 is 1.03 bits per heavy atom. The molecule has 0 radical (unpaired) electrons. The number of phenolic OH excluding ortho intramolecular Hbond substituents is 1. The summed E-state index contributed by atoms with van der Waals surface area (Å²) in [6.45, 7) is 14.1. The normalized spacial score (nSPS) is 15.1. The number of hydrogen-bond donors (Lipinski definition) is 3. The highest BCUT2D eigenvalue weighted by Crippen LogP contribution is 2.40. The molecule has 0 saturated carbocycles. The molecular weight excluding hydrogens is 536 g/mol. The van der Waals surface area contributed by atoms with Gasteiger partial charge in [-0.2, -0.15) is 0 Å². The second-order valence-electron chi connectivity index (χ2n) is 11.6. The van der Waals surface area contributed by atoms with Crippen molar-refractivity contribution < 1.29 is 24.5 Å². The van der Waals surface area contributed by atoms with Crippen molar-refractivity contribution in [2.45, 2.75) is 77.9 Å². The second kappa shape index (κ2) is 10.6. The number of amidine groups is 1. The van der Waals surface area contributed by atoms with Crippen molar-refractivity contribution in [1.82, 2.24) is 4.90 Å². The quantitative estimate of drug-likeness (QED) is 0.353. The van der Waals surface area contributed by atoms with Gasteiger partial charge < -0.3 is 19.8 Å². The molecule has 2 aromatic carbocycles. The molecule has 0 spiro atoms. The minimum absolute atomic E-state index is 0. The smallest absolute Gasteiger partial charge is 0.340 e. The number of nitrogens with zero attached hydrogens (tertiary/aromatic N) is 1. The van der Waals surface area contributed by atoms with Crippen molar-refractivity contribution in [1.29, 1.82) is 5.41 Å². The molecule has 8 heteroatoms. The van der Waals surface area contributed by atoms with E-state index in [1.807, 2.05) is 47.6 Å². The van der Waals surface area contributed by atoms with Crippen LogP contribution in [-0.2, 0) is 32.5 Å². The van der Waals surface area contributed by atoms with Crippen molar-refractivity contribution in [3.8, 4) is 5.75 Å². The van der Waals surface area contributed by atoms with E-state index in [2.05, 4.69) is 0 Å². The van der Waals surface area contributed by atoms with Crippen LogP contribution < -0.4 is 0 Å². The van der Waals surface area contributed by atoms with E-state index < -0.39 is 11.6 Å². The summed E-state index contributed by atoms with van der Waals surface area (Å²) in [5, 5.41) is 29.5. The largest absolute Gasteiger partial charge is 0.507 e. The first-order valence-corrected chi connectivity index (χ1v) is 12.2. The van der Waals surface area contributed by atoms with Gasteiger partial charge in [-0.3, -0.25) is 10.2 Å². The average molecular weight is 576 g/mol. The van der Waals surface area contributed by atoms with Gasteiger partial charge in [0.05, 0.1) is 6.54 Å². The first-order valence-electron chi connectivity index (χ1n) is 12.2. The number of carbonyl (C=O) groups excluding carboxylic acids is 1. The predicted molar refractivity (Wildman–Crippen MR) is 150 cm³/mol. The van der Waals surface area contributed by atoms with Crippen molar-refractivity contribution in [3.05, 3.63) is 63.7 Å². The number of methoxy groups -OCH3 is 1. The zero-order valence-corrected chi connectivity index (χ0v) is 24.7. The van der Waals surface area contributed by atoms with Gasteiger partial charge in [0.1, 0.15) is 11.6 Å². The maximum atomic E-state index is 13.5. The number of aromatic hydroxyl groups is 1. The average Bonchev–Trinajstić information content (AvgIpc) is 3.08. The fourth-order valence-corrected chi connectivity index (χ4v) is 4.81.